The topological polar surface area (TPSA) is 69.6 Å². The number of carbonyl (C=O) groups excluding carboxylic acids is 2. The van der Waals surface area contributed by atoms with Gasteiger partial charge in [0.05, 0.1) is 12.1 Å². The number of amides is 2. The first-order valence-corrected chi connectivity index (χ1v) is 8.04. The second-order valence-corrected chi connectivity index (χ2v) is 6.80. The zero-order valence-corrected chi connectivity index (χ0v) is 14.6. The molecule has 2 aromatic carbocycles. The van der Waals surface area contributed by atoms with Crippen LogP contribution in [0.2, 0.25) is 0 Å². The second-order valence-electron chi connectivity index (χ2n) is 6.80. The summed E-state index contributed by atoms with van der Waals surface area (Å²) in [5.41, 5.74) is -0.149. The zero-order valence-electron chi connectivity index (χ0n) is 14.6. The molecule has 0 heterocycles. The minimum atomic E-state index is -0.357. The van der Waals surface area contributed by atoms with E-state index in [-0.39, 0.29) is 35.2 Å². The molecule has 128 valence electrons. The van der Waals surface area contributed by atoms with E-state index in [0.717, 1.165) is 5.39 Å². The maximum Gasteiger partial charge on any atom is 0.258 e. The van der Waals surface area contributed by atoms with E-state index in [1.54, 1.807) is 25.1 Å². The molecule has 0 atom stereocenters. The number of carbonyl (C=O) groups is 2. The summed E-state index contributed by atoms with van der Waals surface area (Å²) in [6, 6.07) is 10.7. The summed E-state index contributed by atoms with van der Waals surface area (Å²) in [4.78, 5) is 26.2. The second kappa shape index (κ2) is 6.91. The van der Waals surface area contributed by atoms with Gasteiger partial charge in [-0.2, -0.15) is 0 Å². The lowest BCUT2D eigenvalue weighted by Crippen LogP contribution is -2.47. The van der Waals surface area contributed by atoms with Crippen molar-refractivity contribution in [3.63, 3.8) is 0 Å². The predicted octanol–water partition coefficient (Wildman–Crippen LogP) is 2.92. The molecule has 2 amide bonds. The van der Waals surface area contributed by atoms with Crippen LogP contribution in [0.25, 0.3) is 10.8 Å². The molecule has 0 fully saturated rings. The first-order valence-electron chi connectivity index (χ1n) is 8.04. The zero-order chi connectivity index (χ0) is 17.9. The molecule has 0 saturated heterocycles. The molecule has 0 bridgehead atoms. The Morgan fingerprint density at radius 3 is 2.42 bits per heavy atom. The third kappa shape index (κ3) is 4.04. The largest absolute Gasteiger partial charge is 0.506 e. The maximum absolute atomic E-state index is 12.7. The molecule has 0 aromatic heterocycles. The van der Waals surface area contributed by atoms with Gasteiger partial charge in [0.2, 0.25) is 5.91 Å². The standard InChI is InChI=1S/C19H24N2O3/c1-5-21(12-16(22)20-19(2,3)4)18(24)15-11-10-13-8-6-7-9-14(13)17(15)23/h6-11,23H,5,12H2,1-4H3,(H,20,22). The summed E-state index contributed by atoms with van der Waals surface area (Å²) in [5, 5.41) is 14.8. The molecule has 2 rings (SSSR count). The molecule has 0 aliphatic rings. The molecule has 0 unspecified atom stereocenters. The van der Waals surface area contributed by atoms with E-state index in [1.807, 2.05) is 39.0 Å². The van der Waals surface area contributed by atoms with Crippen molar-refractivity contribution in [2.45, 2.75) is 33.2 Å². The number of hydrogen-bond acceptors (Lipinski definition) is 3. The number of likely N-dealkylation sites (N-methyl/N-ethyl adjacent to an activating group) is 1. The van der Waals surface area contributed by atoms with Gasteiger partial charge < -0.3 is 15.3 Å². The highest BCUT2D eigenvalue weighted by atomic mass is 16.3. The van der Waals surface area contributed by atoms with E-state index in [0.29, 0.717) is 11.9 Å². The van der Waals surface area contributed by atoms with Gasteiger partial charge >= 0.3 is 0 Å². The van der Waals surface area contributed by atoms with Gasteiger partial charge in [-0.3, -0.25) is 9.59 Å². The van der Waals surface area contributed by atoms with Crippen molar-refractivity contribution >= 4 is 22.6 Å². The summed E-state index contributed by atoms with van der Waals surface area (Å²) in [6.45, 7) is 7.80. The number of aromatic hydroxyl groups is 1. The fourth-order valence-electron chi connectivity index (χ4n) is 2.56. The van der Waals surface area contributed by atoms with Gasteiger partial charge in [-0.05, 0) is 39.1 Å². The van der Waals surface area contributed by atoms with Gasteiger partial charge in [0, 0.05) is 17.5 Å². The number of rotatable bonds is 4. The molecule has 0 saturated carbocycles. The van der Waals surface area contributed by atoms with Crippen molar-refractivity contribution in [1.29, 1.82) is 0 Å². The van der Waals surface area contributed by atoms with Crippen molar-refractivity contribution in [2.75, 3.05) is 13.1 Å². The van der Waals surface area contributed by atoms with E-state index in [4.69, 9.17) is 0 Å². The van der Waals surface area contributed by atoms with Gasteiger partial charge in [-0.15, -0.1) is 0 Å². The number of phenols is 1. The third-order valence-corrected chi connectivity index (χ3v) is 3.65. The number of benzene rings is 2. The molecule has 0 aliphatic heterocycles. The van der Waals surface area contributed by atoms with Gasteiger partial charge in [-0.25, -0.2) is 0 Å². The Kier molecular flexibility index (Phi) is 5.12. The monoisotopic (exact) mass is 328 g/mol. The minimum Gasteiger partial charge on any atom is -0.506 e. The highest BCUT2D eigenvalue weighted by Gasteiger charge is 2.23. The van der Waals surface area contributed by atoms with Crippen LogP contribution in [-0.2, 0) is 4.79 Å². The Morgan fingerprint density at radius 2 is 1.79 bits per heavy atom. The molecule has 0 radical (unpaired) electrons. The lowest BCUT2D eigenvalue weighted by Gasteiger charge is -2.25. The number of hydrogen-bond donors (Lipinski definition) is 2. The van der Waals surface area contributed by atoms with Crippen LogP contribution in [0.4, 0.5) is 0 Å². The Hall–Kier alpha value is -2.56. The number of fused-ring (bicyclic) bond motifs is 1. The van der Waals surface area contributed by atoms with E-state index >= 15 is 0 Å². The van der Waals surface area contributed by atoms with Gasteiger partial charge in [0.1, 0.15) is 5.75 Å². The molecule has 2 N–H and O–H groups in total. The van der Waals surface area contributed by atoms with E-state index in [1.165, 1.54) is 4.90 Å². The van der Waals surface area contributed by atoms with Gasteiger partial charge in [0.15, 0.2) is 0 Å². The van der Waals surface area contributed by atoms with E-state index < -0.39 is 0 Å². The smallest absolute Gasteiger partial charge is 0.258 e. The highest BCUT2D eigenvalue weighted by molar-refractivity contribution is 6.04. The van der Waals surface area contributed by atoms with Crippen LogP contribution in [-0.4, -0.2) is 40.4 Å². The van der Waals surface area contributed by atoms with Crippen LogP contribution < -0.4 is 5.32 Å². The lowest BCUT2D eigenvalue weighted by atomic mass is 10.0. The van der Waals surface area contributed by atoms with Crippen molar-refractivity contribution in [1.82, 2.24) is 10.2 Å². The van der Waals surface area contributed by atoms with Gasteiger partial charge in [0.25, 0.3) is 5.91 Å². The number of nitrogens with one attached hydrogen (secondary N) is 1. The normalized spacial score (nSPS) is 11.3. The molecule has 5 nitrogen and oxygen atoms in total. The molecule has 0 spiro atoms. The van der Waals surface area contributed by atoms with E-state index in [2.05, 4.69) is 5.32 Å². The molecule has 5 heteroatoms. The van der Waals surface area contributed by atoms with Crippen molar-refractivity contribution < 1.29 is 14.7 Å². The summed E-state index contributed by atoms with van der Waals surface area (Å²) in [7, 11) is 0. The maximum atomic E-state index is 12.7. The molecule has 0 aliphatic carbocycles. The summed E-state index contributed by atoms with van der Waals surface area (Å²) >= 11 is 0. The molecular formula is C19H24N2O3. The Balaban J connectivity index is 2.25. The number of nitrogens with zero attached hydrogens (tertiary/aromatic N) is 1. The highest BCUT2D eigenvalue weighted by Crippen LogP contribution is 2.29. The molecule has 2 aromatic rings. The quantitative estimate of drug-likeness (QED) is 0.906. The minimum absolute atomic E-state index is 0.0428. The third-order valence-electron chi connectivity index (χ3n) is 3.65. The van der Waals surface area contributed by atoms with Crippen LogP contribution in [0.3, 0.4) is 0 Å². The average Bonchev–Trinajstić information content (AvgIpc) is 2.51. The summed E-state index contributed by atoms with van der Waals surface area (Å²) in [5.74, 6) is -0.629. The Bertz CT molecular complexity index is 763. The summed E-state index contributed by atoms with van der Waals surface area (Å²) in [6.07, 6.45) is 0. The van der Waals surface area contributed by atoms with Crippen LogP contribution in [0, 0.1) is 0 Å². The Labute approximate surface area is 142 Å². The van der Waals surface area contributed by atoms with Crippen LogP contribution in [0.1, 0.15) is 38.1 Å². The number of phenolic OH excluding ortho intramolecular Hbond substituents is 1. The van der Waals surface area contributed by atoms with Crippen molar-refractivity contribution in [3.8, 4) is 5.75 Å². The lowest BCUT2D eigenvalue weighted by molar-refractivity contribution is -0.123. The predicted molar refractivity (Wildman–Crippen MR) is 95.1 cm³/mol. The SMILES string of the molecule is CCN(CC(=O)NC(C)(C)C)C(=O)c1ccc2ccccc2c1O. The van der Waals surface area contributed by atoms with E-state index in [9.17, 15) is 14.7 Å². The Morgan fingerprint density at radius 1 is 1.12 bits per heavy atom. The van der Waals surface area contributed by atoms with Crippen molar-refractivity contribution in [3.05, 3.63) is 42.0 Å². The van der Waals surface area contributed by atoms with Crippen LogP contribution in [0.15, 0.2) is 36.4 Å². The van der Waals surface area contributed by atoms with Crippen molar-refractivity contribution in [2.24, 2.45) is 0 Å². The van der Waals surface area contributed by atoms with Gasteiger partial charge in [-0.1, -0.05) is 30.3 Å². The van der Waals surface area contributed by atoms with Crippen LogP contribution >= 0.6 is 0 Å². The first-order chi connectivity index (χ1) is 11.2. The first kappa shape index (κ1) is 17.8. The fraction of sp³-hybridized carbons (Fsp3) is 0.368. The molecular weight excluding hydrogens is 304 g/mol. The fourth-order valence-corrected chi connectivity index (χ4v) is 2.56. The van der Waals surface area contributed by atoms with Crippen LogP contribution in [0.5, 0.6) is 5.75 Å². The average molecular weight is 328 g/mol. The summed E-state index contributed by atoms with van der Waals surface area (Å²) < 4.78 is 0. The molecule has 24 heavy (non-hydrogen) atoms.